The van der Waals surface area contributed by atoms with Gasteiger partial charge in [-0.15, -0.1) is 0 Å². The molecule has 0 aliphatic heterocycles. The molecular formula is C10H22N2O2S. The molecule has 1 atom stereocenters. The molecule has 0 aliphatic carbocycles. The smallest absolute Gasteiger partial charge is 0.239 e. The highest BCUT2D eigenvalue weighted by Gasteiger charge is 2.19. The van der Waals surface area contributed by atoms with Gasteiger partial charge in [0.1, 0.15) is 0 Å². The molecule has 4 nitrogen and oxygen atoms in total. The molecule has 0 radical (unpaired) electrons. The van der Waals surface area contributed by atoms with Gasteiger partial charge in [0.15, 0.2) is 0 Å². The monoisotopic (exact) mass is 234 g/mol. The normalized spacial score (nSPS) is 12.5. The Morgan fingerprint density at radius 2 is 2.20 bits per heavy atom. The third kappa shape index (κ3) is 6.02. The van der Waals surface area contributed by atoms with E-state index in [4.69, 9.17) is 10.8 Å². The summed E-state index contributed by atoms with van der Waals surface area (Å²) in [5.74, 6) is 0.853. The summed E-state index contributed by atoms with van der Waals surface area (Å²) >= 11 is 1.69. The van der Waals surface area contributed by atoms with E-state index in [2.05, 4.69) is 0 Å². The maximum absolute atomic E-state index is 11.8. The molecule has 90 valence electrons. The topological polar surface area (TPSA) is 66.6 Å². The van der Waals surface area contributed by atoms with Crippen LogP contribution in [0.5, 0.6) is 0 Å². The molecule has 0 bridgehead atoms. The molecule has 0 heterocycles. The van der Waals surface area contributed by atoms with Crippen LogP contribution in [0.25, 0.3) is 0 Å². The number of nitrogens with zero attached hydrogens (tertiary/aromatic N) is 1. The number of aliphatic hydroxyl groups is 1. The maximum Gasteiger partial charge on any atom is 0.239 e. The zero-order valence-corrected chi connectivity index (χ0v) is 10.4. The van der Waals surface area contributed by atoms with Crippen molar-refractivity contribution in [3.05, 3.63) is 0 Å². The van der Waals surface area contributed by atoms with E-state index in [9.17, 15) is 4.79 Å². The van der Waals surface area contributed by atoms with E-state index in [-0.39, 0.29) is 12.5 Å². The first-order chi connectivity index (χ1) is 7.17. The standard InChI is InChI=1S/C10H22N2O2S/c1-3-5-12(6-7-13)10(14)9(11)4-8-15-2/h9,13H,3-8,11H2,1-2H3/t9-/m0/s1. The number of hydrogen-bond acceptors (Lipinski definition) is 4. The molecule has 15 heavy (non-hydrogen) atoms. The lowest BCUT2D eigenvalue weighted by Crippen LogP contribution is -2.45. The lowest BCUT2D eigenvalue weighted by Gasteiger charge is -2.24. The van der Waals surface area contributed by atoms with Gasteiger partial charge in [-0.05, 0) is 24.9 Å². The largest absolute Gasteiger partial charge is 0.395 e. The van der Waals surface area contributed by atoms with Crippen LogP contribution in [0.3, 0.4) is 0 Å². The van der Waals surface area contributed by atoms with E-state index in [1.165, 1.54) is 0 Å². The number of hydrogen-bond donors (Lipinski definition) is 2. The Bertz CT molecular complexity index is 173. The molecule has 0 spiro atoms. The first-order valence-corrected chi connectivity index (χ1v) is 6.70. The number of carbonyl (C=O) groups is 1. The fourth-order valence-electron chi connectivity index (χ4n) is 1.33. The Kier molecular flexibility index (Phi) is 8.85. The number of carbonyl (C=O) groups excluding carboxylic acids is 1. The van der Waals surface area contributed by atoms with E-state index >= 15 is 0 Å². The molecular weight excluding hydrogens is 212 g/mol. The maximum atomic E-state index is 11.8. The number of thioether (sulfide) groups is 1. The van der Waals surface area contributed by atoms with E-state index in [0.717, 1.165) is 12.2 Å². The molecule has 0 saturated carbocycles. The molecule has 0 aromatic heterocycles. The molecule has 0 fully saturated rings. The minimum absolute atomic E-state index is 0.000980. The van der Waals surface area contributed by atoms with Crippen molar-refractivity contribution in [2.24, 2.45) is 5.73 Å². The highest BCUT2D eigenvalue weighted by atomic mass is 32.2. The summed E-state index contributed by atoms with van der Waals surface area (Å²) in [6, 6.07) is -0.421. The number of aliphatic hydroxyl groups excluding tert-OH is 1. The fraction of sp³-hybridized carbons (Fsp3) is 0.900. The SMILES string of the molecule is CCCN(CCO)C(=O)[C@@H](N)CCSC. The van der Waals surface area contributed by atoms with Crippen LogP contribution in [0.2, 0.25) is 0 Å². The number of rotatable bonds is 8. The van der Waals surface area contributed by atoms with Gasteiger partial charge in [0, 0.05) is 13.1 Å². The minimum Gasteiger partial charge on any atom is -0.395 e. The van der Waals surface area contributed by atoms with Gasteiger partial charge in [-0.1, -0.05) is 6.92 Å². The summed E-state index contributed by atoms with van der Waals surface area (Å²) < 4.78 is 0. The predicted molar refractivity (Wildman–Crippen MR) is 64.9 cm³/mol. The van der Waals surface area contributed by atoms with Crippen LogP contribution in [0.1, 0.15) is 19.8 Å². The van der Waals surface area contributed by atoms with Crippen molar-refractivity contribution >= 4 is 17.7 Å². The van der Waals surface area contributed by atoms with E-state index in [0.29, 0.717) is 19.5 Å². The van der Waals surface area contributed by atoms with Crippen LogP contribution >= 0.6 is 11.8 Å². The quantitative estimate of drug-likeness (QED) is 0.634. The van der Waals surface area contributed by atoms with Gasteiger partial charge >= 0.3 is 0 Å². The molecule has 0 aliphatic rings. The molecule has 0 saturated heterocycles. The van der Waals surface area contributed by atoms with E-state index in [1.807, 2.05) is 13.2 Å². The molecule has 0 rings (SSSR count). The average Bonchev–Trinajstić information content (AvgIpc) is 2.24. The summed E-state index contributed by atoms with van der Waals surface area (Å²) in [6.07, 6.45) is 3.58. The van der Waals surface area contributed by atoms with E-state index in [1.54, 1.807) is 16.7 Å². The van der Waals surface area contributed by atoms with Gasteiger partial charge in [0.25, 0.3) is 0 Å². The minimum atomic E-state index is -0.421. The van der Waals surface area contributed by atoms with Crippen LogP contribution in [-0.2, 0) is 4.79 Å². The Labute approximate surface area is 96.2 Å². The molecule has 0 aromatic rings. The summed E-state index contributed by atoms with van der Waals surface area (Å²) in [5.41, 5.74) is 5.78. The van der Waals surface area contributed by atoms with Crippen LogP contribution in [-0.4, -0.2) is 53.7 Å². The first kappa shape index (κ1) is 14.7. The Morgan fingerprint density at radius 1 is 1.53 bits per heavy atom. The lowest BCUT2D eigenvalue weighted by molar-refractivity contribution is -0.133. The second-order valence-electron chi connectivity index (χ2n) is 3.44. The first-order valence-electron chi connectivity index (χ1n) is 5.31. The summed E-state index contributed by atoms with van der Waals surface area (Å²) in [4.78, 5) is 13.5. The van der Waals surface area contributed by atoms with Crippen molar-refractivity contribution in [1.29, 1.82) is 0 Å². The Morgan fingerprint density at radius 3 is 2.67 bits per heavy atom. The van der Waals surface area contributed by atoms with Crippen molar-refractivity contribution in [3.8, 4) is 0 Å². The lowest BCUT2D eigenvalue weighted by atomic mass is 10.2. The predicted octanol–water partition coefficient (Wildman–Crippen LogP) is 0.298. The molecule has 1 amide bonds. The highest BCUT2D eigenvalue weighted by Crippen LogP contribution is 2.03. The Hall–Kier alpha value is -0.260. The van der Waals surface area contributed by atoms with Crippen LogP contribution < -0.4 is 5.73 Å². The average molecular weight is 234 g/mol. The third-order valence-corrected chi connectivity index (χ3v) is 2.77. The van der Waals surface area contributed by atoms with Crippen LogP contribution in [0, 0.1) is 0 Å². The zero-order valence-electron chi connectivity index (χ0n) is 9.61. The fourth-order valence-corrected chi connectivity index (χ4v) is 1.82. The van der Waals surface area contributed by atoms with Gasteiger partial charge in [-0.3, -0.25) is 4.79 Å². The molecule has 0 unspecified atom stereocenters. The summed E-state index contributed by atoms with van der Waals surface area (Å²) in [5, 5.41) is 8.83. The zero-order chi connectivity index (χ0) is 11.7. The molecule has 5 heteroatoms. The molecule has 3 N–H and O–H groups in total. The van der Waals surface area contributed by atoms with Crippen molar-refractivity contribution in [1.82, 2.24) is 4.90 Å². The van der Waals surface area contributed by atoms with Crippen molar-refractivity contribution < 1.29 is 9.90 Å². The van der Waals surface area contributed by atoms with Gasteiger partial charge in [0.2, 0.25) is 5.91 Å². The van der Waals surface area contributed by atoms with Gasteiger partial charge in [0.05, 0.1) is 12.6 Å². The summed E-state index contributed by atoms with van der Waals surface area (Å²) in [6.45, 7) is 3.07. The van der Waals surface area contributed by atoms with Crippen molar-refractivity contribution in [3.63, 3.8) is 0 Å². The Balaban J connectivity index is 4.08. The van der Waals surface area contributed by atoms with Gasteiger partial charge in [-0.2, -0.15) is 11.8 Å². The van der Waals surface area contributed by atoms with Gasteiger partial charge in [-0.25, -0.2) is 0 Å². The van der Waals surface area contributed by atoms with Crippen molar-refractivity contribution in [2.75, 3.05) is 31.7 Å². The van der Waals surface area contributed by atoms with Crippen LogP contribution in [0.4, 0.5) is 0 Å². The van der Waals surface area contributed by atoms with Crippen LogP contribution in [0.15, 0.2) is 0 Å². The number of nitrogens with two attached hydrogens (primary N) is 1. The van der Waals surface area contributed by atoms with Gasteiger partial charge < -0.3 is 15.7 Å². The highest BCUT2D eigenvalue weighted by molar-refractivity contribution is 7.98. The summed E-state index contributed by atoms with van der Waals surface area (Å²) in [7, 11) is 0. The third-order valence-electron chi connectivity index (χ3n) is 2.13. The van der Waals surface area contributed by atoms with E-state index < -0.39 is 6.04 Å². The number of amides is 1. The van der Waals surface area contributed by atoms with Crippen molar-refractivity contribution in [2.45, 2.75) is 25.8 Å². The molecule has 0 aromatic carbocycles. The second-order valence-corrected chi connectivity index (χ2v) is 4.42. The second kappa shape index (κ2) is 9.00.